The van der Waals surface area contributed by atoms with Crippen molar-refractivity contribution in [1.82, 2.24) is 10.3 Å². The highest BCUT2D eigenvalue weighted by molar-refractivity contribution is 7.18. The fourth-order valence-electron chi connectivity index (χ4n) is 1.51. The number of nitrogens with one attached hydrogen (secondary N) is 2. The highest BCUT2D eigenvalue weighted by atomic mass is 32.1. The van der Waals surface area contributed by atoms with Gasteiger partial charge < -0.3 is 22.1 Å². The molecule has 0 aliphatic heterocycles. The third-order valence-corrected chi connectivity index (χ3v) is 3.21. The molecule has 0 saturated heterocycles. The molecule has 0 spiro atoms. The Morgan fingerprint density at radius 3 is 2.50 bits per heavy atom. The van der Waals surface area contributed by atoms with Crippen LogP contribution in [0.4, 0.5) is 10.9 Å². The lowest BCUT2D eigenvalue weighted by molar-refractivity contribution is -0.118. The zero-order chi connectivity index (χ0) is 15.5. The van der Waals surface area contributed by atoms with Gasteiger partial charge in [-0.15, -0.1) is 0 Å². The van der Waals surface area contributed by atoms with Crippen LogP contribution >= 0.6 is 11.3 Å². The molecule has 1 unspecified atom stereocenters. The van der Waals surface area contributed by atoms with Crippen molar-refractivity contribution >= 4 is 34.1 Å². The van der Waals surface area contributed by atoms with Gasteiger partial charge in [-0.1, -0.05) is 11.3 Å². The van der Waals surface area contributed by atoms with E-state index < -0.39 is 5.91 Å². The van der Waals surface area contributed by atoms with Crippen LogP contribution in [0.3, 0.4) is 0 Å². The van der Waals surface area contributed by atoms with Crippen molar-refractivity contribution in [3.63, 3.8) is 0 Å². The van der Waals surface area contributed by atoms with Crippen molar-refractivity contribution in [3.8, 4) is 0 Å². The third-order valence-electron chi connectivity index (χ3n) is 2.23. The number of rotatable bonds is 5. The Kier molecular flexibility index (Phi) is 4.93. The van der Waals surface area contributed by atoms with E-state index >= 15 is 0 Å². The van der Waals surface area contributed by atoms with Crippen molar-refractivity contribution in [3.05, 3.63) is 4.88 Å². The number of carbonyl (C=O) groups is 2. The van der Waals surface area contributed by atoms with Gasteiger partial charge in [0.05, 0.1) is 0 Å². The van der Waals surface area contributed by atoms with Gasteiger partial charge in [0.15, 0.2) is 5.13 Å². The number of amides is 2. The minimum atomic E-state index is -0.467. The molecule has 1 atom stereocenters. The molecule has 0 saturated carbocycles. The molecule has 0 bridgehead atoms. The Morgan fingerprint density at radius 1 is 1.40 bits per heavy atom. The number of aromatic nitrogens is 1. The predicted octanol–water partition coefficient (Wildman–Crippen LogP) is 0.929. The Labute approximate surface area is 122 Å². The van der Waals surface area contributed by atoms with Crippen LogP contribution in [0.5, 0.6) is 0 Å². The van der Waals surface area contributed by atoms with Crippen LogP contribution in [-0.2, 0) is 4.79 Å². The first-order chi connectivity index (χ1) is 9.08. The van der Waals surface area contributed by atoms with Gasteiger partial charge >= 0.3 is 0 Å². The Balaban J connectivity index is 2.76. The van der Waals surface area contributed by atoms with Gasteiger partial charge in [-0.25, -0.2) is 4.98 Å². The minimum absolute atomic E-state index is 0.0809. The van der Waals surface area contributed by atoms with E-state index in [1.54, 1.807) is 6.92 Å². The molecule has 0 aliphatic rings. The van der Waals surface area contributed by atoms with Crippen LogP contribution in [0.15, 0.2) is 0 Å². The largest absolute Gasteiger partial charge is 0.382 e. The summed E-state index contributed by atoms with van der Waals surface area (Å²) in [6, 6.07) is -0.347. The molecule has 1 aromatic rings. The van der Waals surface area contributed by atoms with E-state index in [9.17, 15) is 9.59 Å². The van der Waals surface area contributed by atoms with Crippen LogP contribution in [0.25, 0.3) is 0 Å². The summed E-state index contributed by atoms with van der Waals surface area (Å²) in [4.78, 5) is 27.3. The average molecular weight is 299 g/mol. The number of thiazole rings is 1. The van der Waals surface area contributed by atoms with Crippen molar-refractivity contribution in [2.75, 3.05) is 11.1 Å². The second kappa shape index (κ2) is 6.08. The van der Waals surface area contributed by atoms with Gasteiger partial charge in [0.1, 0.15) is 10.7 Å². The molecule has 7 nitrogen and oxygen atoms in total. The fourth-order valence-corrected chi connectivity index (χ4v) is 2.51. The summed E-state index contributed by atoms with van der Waals surface area (Å²) >= 11 is 1.18. The monoisotopic (exact) mass is 299 g/mol. The molecule has 8 heteroatoms. The molecule has 2 amide bonds. The summed E-state index contributed by atoms with van der Waals surface area (Å²) in [5.74, 6) is -0.647. The quantitative estimate of drug-likeness (QED) is 0.644. The molecule has 1 heterocycles. The second-order valence-electron chi connectivity index (χ2n) is 5.65. The molecule has 1 rings (SSSR count). The highest BCUT2D eigenvalue weighted by Gasteiger charge is 2.20. The standard InChI is InChI=1S/C12H21N5O2S/c1-6(5-7(13)18)15-10(19)8-9(14)16-11(20-8)17-12(2,3)4/h6H,5,14H2,1-4H3,(H2,13,18)(H,15,19)(H,16,17). The lowest BCUT2D eigenvalue weighted by Crippen LogP contribution is -2.35. The van der Waals surface area contributed by atoms with Crippen molar-refractivity contribution in [2.24, 2.45) is 5.73 Å². The third kappa shape index (κ3) is 5.04. The normalized spacial score (nSPS) is 12.8. The van der Waals surface area contributed by atoms with E-state index in [-0.39, 0.29) is 29.7 Å². The van der Waals surface area contributed by atoms with Crippen LogP contribution < -0.4 is 22.1 Å². The first-order valence-electron chi connectivity index (χ1n) is 6.22. The molecule has 112 valence electrons. The molecule has 0 radical (unpaired) electrons. The summed E-state index contributed by atoms with van der Waals surface area (Å²) in [7, 11) is 0. The highest BCUT2D eigenvalue weighted by Crippen LogP contribution is 2.27. The number of carbonyl (C=O) groups excluding carboxylic acids is 2. The van der Waals surface area contributed by atoms with Crippen LogP contribution in [0, 0.1) is 0 Å². The van der Waals surface area contributed by atoms with Crippen LogP contribution in [0.2, 0.25) is 0 Å². The first kappa shape index (κ1) is 16.2. The molecule has 0 aromatic carbocycles. The van der Waals surface area contributed by atoms with Crippen molar-refractivity contribution < 1.29 is 9.59 Å². The zero-order valence-electron chi connectivity index (χ0n) is 12.1. The molecular weight excluding hydrogens is 278 g/mol. The number of primary amides is 1. The first-order valence-corrected chi connectivity index (χ1v) is 7.04. The topological polar surface area (TPSA) is 123 Å². The SMILES string of the molecule is CC(CC(N)=O)NC(=O)c1sc(NC(C)(C)C)nc1N. The van der Waals surface area contributed by atoms with E-state index in [0.717, 1.165) is 0 Å². The molecule has 1 aromatic heterocycles. The molecule has 0 fully saturated rings. The van der Waals surface area contributed by atoms with E-state index in [1.165, 1.54) is 11.3 Å². The number of anilines is 2. The maximum atomic E-state index is 12.0. The molecule has 20 heavy (non-hydrogen) atoms. The summed E-state index contributed by atoms with van der Waals surface area (Å²) < 4.78 is 0. The van der Waals surface area contributed by atoms with Gasteiger partial charge in [-0.3, -0.25) is 9.59 Å². The number of nitrogen functional groups attached to an aromatic ring is 1. The number of nitrogens with two attached hydrogens (primary N) is 2. The van der Waals surface area contributed by atoms with Gasteiger partial charge in [0, 0.05) is 18.0 Å². The Hall–Kier alpha value is -1.83. The number of hydrogen-bond acceptors (Lipinski definition) is 6. The lowest BCUT2D eigenvalue weighted by Gasteiger charge is -2.19. The summed E-state index contributed by atoms with van der Waals surface area (Å²) in [6.45, 7) is 7.66. The lowest BCUT2D eigenvalue weighted by atomic mass is 10.1. The number of nitrogens with zero attached hydrogens (tertiary/aromatic N) is 1. The molecular formula is C12H21N5O2S. The predicted molar refractivity (Wildman–Crippen MR) is 80.6 cm³/mol. The molecule has 6 N–H and O–H groups in total. The van der Waals surface area contributed by atoms with E-state index in [1.807, 2.05) is 20.8 Å². The van der Waals surface area contributed by atoms with Crippen LogP contribution in [0.1, 0.15) is 43.8 Å². The van der Waals surface area contributed by atoms with Crippen LogP contribution in [-0.4, -0.2) is 28.4 Å². The van der Waals surface area contributed by atoms with Gasteiger partial charge in [0.2, 0.25) is 5.91 Å². The minimum Gasteiger partial charge on any atom is -0.382 e. The summed E-state index contributed by atoms with van der Waals surface area (Å²) in [6.07, 6.45) is 0.0809. The van der Waals surface area contributed by atoms with Gasteiger partial charge in [-0.2, -0.15) is 0 Å². The second-order valence-corrected chi connectivity index (χ2v) is 6.65. The summed E-state index contributed by atoms with van der Waals surface area (Å²) in [5.41, 5.74) is 10.7. The smallest absolute Gasteiger partial charge is 0.265 e. The maximum absolute atomic E-state index is 12.0. The van der Waals surface area contributed by atoms with E-state index in [2.05, 4.69) is 15.6 Å². The Bertz CT molecular complexity index is 506. The maximum Gasteiger partial charge on any atom is 0.265 e. The van der Waals surface area contributed by atoms with E-state index in [0.29, 0.717) is 10.0 Å². The average Bonchev–Trinajstić information content (AvgIpc) is 2.54. The van der Waals surface area contributed by atoms with Gasteiger partial charge in [0.25, 0.3) is 5.91 Å². The molecule has 0 aliphatic carbocycles. The van der Waals surface area contributed by atoms with E-state index in [4.69, 9.17) is 11.5 Å². The van der Waals surface area contributed by atoms with Crippen molar-refractivity contribution in [1.29, 1.82) is 0 Å². The summed E-state index contributed by atoms with van der Waals surface area (Å²) in [5, 5.41) is 6.41. The Morgan fingerprint density at radius 2 is 2.00 bits per heavy atom. The zero-order valence-corrected chi connectivity index (χ0v) is 12.9. The van der Waals surface area contributed by atoms with Crippen molar-refractivity contribution in [2.45, 2.75) is 45.7 Å². The number of hydrogen-bond donors (Lipinski definition) is 4. The fraction of sp³-hybridized carbons (Fsp3) is 0.583. The van der Waals surface area contributed by atoms with Gasteiger partial charge in [-0.05, 0) is 27.7 Å².